The van der Waals surface area contributed by atoms with Crippen LogP contribution in [-0.4, -0.2) is 12.4 Å². The Morgan fingerprint density at radius 1 is 1.10 bits per heavy atom. The molecular weight excluding hydrogens is 248 g/mol. The number of ether oxygens (including phenoxy) is 1. The van der Waals surface area contributed by atoms with Crippen molar-refractivity contribution in [3.8, 4) is 5.75 Å². The van der Waals surface area contributed by atoms with Gasteiger partial charge in [0, 0.05) is 12.3 Å². The van der Waals surface area contributed by atoms with Crippen molar-refractivity contribution in [1.29, 1.82) is 0 Å². The van der Waals surface area contributed by atoms with Gasteiger partial charge >= 0.3 is 0 Å². The number of carbonyl (C=O) groups excluding carboxylic acids is 1. The smallest absolute Gasteiger partial charge is 0.167 e. The van der Waals surface area contributed by atoms with Crippen LogP contribution in [0.4, 0.5) is 0 Å². The second-order valence-electron chi connectivity index (χ2n) is 5.44. The SMILES string of the molecule is Cc1cccc2c1C(=O)C[C@H](Cc1ccccc1)CO2. The Morgan fingerprint density at radius 2 is 1.90 bits per heavy atom. The molecule has 1 aliphatic rings. The van der Waals surface area contributed by atoms with E-state index in [0.29, 0.717) is 13.0 Å². The van der Waals surface area contributed by atoms with Crippen LogP contribution in [0.3, 0.4) is 0 Å². The molecule has 0 saturated carbocycles. The van der Waals surface area contributed by atoms with E-state index in [2.05, 4.69) is 12.1 Å². The molecule has 1 aliphatic heterocycles. The fraction of sp³-hybridized carbons (Fsp3) is 0.278. The lowest BCUT2D eigenvalue weighted by Crippen LogP contribution is -2.15. The van der Waals surface area contributed by atoms with Gasteiger partial charge in [-0.1, -0.05) is 42.5 Å². The summed E-state index contributed by atoms with van der Waals surface area (Å²) in [5, 5.41) is 0. The van der Waals surface area contributed by atoms with E-state index < -0.39 is 0 Å². The first-order valence-corrected chi connectivity index (χ1v) is 7.03. The molecule has 3 rings (SSSR count). The summed E-state index contributed by atoms with van der Waals surface area (Å²) in [5.41, 5.74) is 3.03. The zero-order valence-electron chi connectivity index (χ0n) is 11.6. The van der Waals surface area contributed by atoms with Gasteiger partial charge in [0.2, 0.25) is 0 Å². The van der Waals surface area contributed by atoms with E-state index in [1.165, 1.54) is 5.56 Å². The third-order valence-electron chi connectivity index (χ3n) is 3.83. The van der Waals surface area contributed by atoms with Crippen LogP contribution in [0.1, 0.15) is 27.9 Å². The van der Waals surface area contributed by atoms with Crippen molar-refractivity contribution in [2.24, 2.45) is 5.92 Å². The molecule has 0 amide bonds. The molecule has 102 valence electrons. The Kier molecular flexibility index (Phi) is 3.55. The van der Waals surface area contributed by atoms with Crippen molar-refractivity contribution in [3.05, 3.63) is 65.2 Å². The molecule has 2 aromatic rings. The number of hydrogen-bond donors (Lipinski definition) is 0. The van der Waals surface area contributed by atoms with Gasteiger partial charge in [0.05, 0.1) is 12.2 Å². The van der Waals surface area contributed by atoms with Crippen LogP contribution in [0.25, 0.3) is 0 Å². The van der Waals surface area contributed by atoms with Gasteiger partial charge in [-0.25, -0.2) is 0 Å². The van der Waals surface area contributed by atoms with E-state index in [1.807, 2.05) is 43.3 Å². The van der Waals surface area contributed by atoms with E-state index in [0.717, 1.165) is 23.3 Å². The van der Waals surface area contributed by atoms with Crippen molar-refractivity contribution in [1.82, 2.24) is 0 Å². The molecule has 1 atom stereocenters. The normalized spacial score (nSPS) is 18.1. The van der Waals surface area contributed by atoms with Crippen LogP contribution in [0, 0.1) is 12.8 Å². The molecule has 0 bridgehead atoms. The summed E-state index contributed by atoms with van der Waals surface area (Å²) in [5.74, 6) is 1.19. The number of rotatable bonds is 2. The Hall–Kier alpha value is -2.09. The maximum Gasteiger partial charge on any atom is 0.167 e. The monoisotopic (exact) mass is 266 g/mol. The van der Waals surface area contributed by atoms with Gasteiger partial charge in [-0.2, -0.15) is 0 Å². The minimum absolute atomic E-state index is 0.205. The van der Waals surface area contributed by atoms with Crippen LogP contribution in [0.5, 0.6) is 5.75 Å². The second kappa shape index (κ2) is 5.49. The lowest BCUT2D eigenvalue weighted by atomic mass is 9.92. The molecular formula is C18H18O2. The Morgan fingerprint density at radius 3 is 2.70 bits per heavy atom. The van der Waals surface area contributed by atoms with Crippen LogP contribution < -0.4 is 4.74 Å². The summed E-state index contributed by atoms with van der Waals surface area (Å²) in [6.45, 7) is 2.58. The molecule has 1 heterocycles. The van der Waals surface area contributed by atoms with Crippen molar-refractivity contribution in [2.75, 3.05) is 6.61 Å². The minimum atomic E-state index is 0.205. The number of hydrogen-bond acceptors (Lipinski definition) is 2. The molecule has 2 aromatic carbocycles. The molecule has 0 spiro atoms. The maximum absolute atomic E-state index is 12.4. The number of carbonyl (C=O) groups is 1. The summed E-state index contributed by atoms with van der Waals surface area (Å²) in [6, 6.07) is 16.1. The molecule has 20 heavy (non-hydrogen) atoms. The summed E-state index contributed by atoms with van der Waals surface area (Å²) in [6.07, 6.45) is 1.45. The van der Waals surface area contributed by atoms with Crippen LogP contribution in [0.2, 0.25) is 0 Å². The molecule has 0 saturated heterocycles. The third kappa shape index (κ3) is 2.60. The molecule has 2 heteroatoms. The highest BCUT2D eigenvalue weighted by Gasteiger charge is 2.25. The van der Waals surface area contributed by atoms with E-state index in [4.69, 9.17) is 4.74 Å². The number of benzene rings is 2. The number of fused-ring (bicyclic) bond motifs is 1. The summed E-state index contributed by atoms with van der Waals surface area (Å²) in [7, 11) is 0. The van der Waals surface area contributed by atoms with Gasteiger partial charge in [-0.15, -0.1) is 0 Å². The summed E-state index contributed by atoms with van der Waals surface area (Å²) >= 11 is 0. The molecule has 0 radical (unpaired) electrons. The molecule has 0 unspecified atom stereocenters. The zero-order valence-corrected chi connectivity index (χ0v) is 11.6. The van der Waals surface area contributed by atoms with Gasteiger partial charge in [0.1, 0.15) is 5.75 Å². The average Bonchev–Trinajstić information content (AvgIpc) is 2.60. The summed E-state index contributed by atoms with van der Waals surface area (Å²) < 4.78 is 5.86. The second-order valence-corrected chi connectivity index (χ2v) is 5.44. The van der Waals surface area contributed by atoms with Crippen molar-refractivity contribution >= 4 is 5.78 Å². The minimum Gasteiger partial charge on any atom is -0.493 e. The highest BCUT2D eigenvalue weighted by molar-refractivity contribution is 6.00. The first-order valence-electron chi connectivity index (χ1n) is 7.03. The standard InChI is InChI=1S/C18H18O2/c1-13-6-5-9-17-18(13)16(19)11-15(12-20-17)10-14-7-3-2-4-8-14/h2-9,15H,10-12H2,1H3/t15-/m0/s1. The van der Waals surface area contributed by atoms with E-state index in [9.17, 15) is 4.79 Å². The van der Waals surface area contributed by atoms with E-state index >= 15 is 0 Å². The lowest BCUT2D eigenvalue weighted by Gasteiger charge is -2.13. The van der Waals surface area contributed by atoms with E-state index in [-0.39, 0.29) is 11.7 Å². The van der Waals surface area contributed by atoms with Crippen LogP contribution >= 0.6 is 0 Å². The molecule has 0 aliphatic carbocycles. The van der Waals surface area contributed by atoms with Gasteiger partial charge < -0.3 is 4.74 Å². The number of ketones is 1. The Balaban J connectivity index is 1.81. The first-order chi connectivity index (χ1) is 9.74. The van der Waals surface area contributed by atoms with Crippen molar-refractivity contribution in [3.63, 3.8) is 0 Å². The topological polar surface area (TPSA) is 26.3 Å². The molecule has 0 N–H and O–H groups in total. The zero-order chi connectivity index (χ0) is 13.9. The number of Topliss-reactive ketones (excluding diaryl/α,β-unsaturated/α-hetero) is 1. The highest BCUT2D eigenvalue weighted by Crippen LogP contribution is 2.29. The van der Waals surface area contributed by atoms with Gasteiger partial charge in [-0.3, -0.25) is 4.79 Å². The average molecular weight is 266 g/mol. The van der Waals surface area contributed by atoms with Crippen LogP contribution in [0.15, 0.2) is 48.5 Å². The van der Waals surface area contributed by atoms with Gasteiger partial charge in [0.15, 0.2) is 5.78 Å². The fourth-order valence-corrected chi connectivity index (χ4v) is 2.83. The maximum atomic E-state index is 12.4. The van der Waals surface area contributed by atoms with E-state index in [1.54, 1.807) is 0 Å². The largest absolute Gasteiger partial charge is 0.493 e. The first kappa shape index (κ1) is 12.9. The summed E-state index contributed by atoms with van der Waals surface area (Å²) in [4.78, 5) is 12.4. The van der Waals surface area contributed by atoms with Gasteiger partial charge in [0.25, 0.3) is 0 Å². The van der Waals surface area contributed by atoms with Crippen molar-refractivity contribution < 1.29 is 9.53 Å². The van der Waals surface area contributed by atoms with Gasteiger partial charge in [-0.05, 0) is 30.5 Å². The highest BCUT2D eigenvalue weighted by atomic mass is 16.5. The molecule has 0 aromatic heterocycles. The van der Waals surface area contributed by atoms with Crippen LogP contribution in [-0.2, 0) is 6.42 Å². The predicted octanol–water partition coefficient (Wildman–Crippen LogP) is 3.82. The Bertz CT molecular complexity index is 617. The molecule has 2 nitrogen and oxygen atoms in total. The lowest BCUT2D eigenvalue weighted by molar-refractivity contribution is 0.0961. The third-order valence-corrected chi connectivity index (χ3v) is 3.83. The Labute approximate surface area is 119 Å². The molecule has 0 fully saturated rings. The predicted molar refractivity (Wildman–Crippen MR) is 79.3 cm³/mol. The van der Waals surface area contributed by atoms with Crippen molar-refractivity contribution in [2.45, 2.75) is 19.8 Å². The fourth-order valence-electron chi connectivity index (χ4n) is 2.83. The quantitative estimate of drug-likeness (QED) is 0.826. The number of aryl methyl sites for hydroxylation is 1.